The van der Waals surface area contributed by atoms with Crippen molar-refractivity contribution >= 4 is 11.3 Å². The van der Waals surface area contributed by atoms with Crippen molar-refractivity contribution in [1.29, 1.82) is 0 Å². The summed E-state index contributed by atoms with van der Waals surface area (Å²) in [7, 11) is 1.96. The topological polar surface area (TPSA) is 28.2 Å². The molecule has 0 fully saturated rings. The van der Waals surface area contributed by atoms with Crippen LogP contribution in [-0.4, -0.2) is 23.0 Å². The zero-order valence-corrected chi connectivity index (χ0v) is 13.3. The standard InChI is InChI=1S/C16H23N3S/c1-13(2)19(10-14-7-5-4-6-8-14)11-15-12-20-16(18-15)9-17-3/h4-8,12-13,17H,9-11H2,1-3H3. The fourth-order valence-electron chi connectivity index (χ4n) is 2.10. The molecular weight excluding hydrogens is 266 g/mol. The van der Waals surface area contributed by atoms with Crippen LogP contribution in [0, 0.1) is 0 Å². The number of aromatic nitrogens is 1. The highest BCUT2D eigenvalue weighted by molar-refractivity contribution is 7.09. The molecule has 0 aliphatic heterocycles. The first-order chi connectivity index (χ1) is 9.69. The lowest BCUT2D eigenvalue weighted by Gasteiger charge is -2.25. The van der Waals surface area contributed by atoms with E-state index < -0.39 is 0 Å². The van der Waals surface area contributed by atoms with Crippen LogP contribution in [0.5, 0.6) is 0 Å². The van der Waals surface area contributed by atoms with Crippen LogP contribution in [0.4, 0.5) is 0 Å². The molecule has 0 radical (unpaired) electrons. The van der Waals surface area contributed by atoms with E-state index in [2.05, 4.69) is 64.8 Å². The predicted octanol–water partition coefficient (Wildman–Crippen LogP) is 3.27. The summed E-state index contributed by atoms with van der Waals surface area (Å²) in [4.78, 5) is 7.13. The maximum absolute atomic E-state index is 4.68. The van der Waals surface area contributed by atoms with Crippen LogP contribution < -0.4 is 5.32 Å². The minimum absolute atomic E-state index is 0.504. The van der Waals surface area contributed by atoms with Gasteiger partial charge >= 0.3 is 0 Å². The third-order valence-corrected chi connectivity index (χ3v) is 4.15. The number of nitrogens with zero attached hydrogens (tertiary/aromatic N) is 2. The highest BCUT2D eigenvalue weighted by Gasteiger charge is 2.12. The maximum Gasteiger partial charge on any atom is 0.107 e. The lowest BCUT2D eigenvalue weighted by molar-refractivity contribution is 0.201. The van der Waals surface area contributed by atoms with Crippen LogP contribution in [-0.2, 0) is 19.6 Å². The van der Waals surface area contributed by atoms with Crippen LogP contribution in [0.1, 0.15) is 30.1 Å². The Hall–Kier alpha value is -1.23. The number of thiazole rings is 1. The summed E-state index contributed by atoms with van der Waals surface area (Å²) >= 11 is 1.73. The molecule has 0 aliphatic rings. The lowest BCUT2D eigenvalue weighted by atomic mass is 10.2. The largest absolute Gasteiger partial charge is 0.314 e. The summed E-state index contributed by atoms with van der Waals surface area (Å²) in [6.45, 7) is 7.21. The van der Waals surface area contributed by atoms with Gasteiger partial charge in [-0.1, -0.05) is 30.3 Å². The average molecular weight is 289 g/mol. The molecule has 3 nitrogen and oxygen atoms in total. The molecule has 4 heteroatoms. The fraction of sp³-hybridized carbons (Fsp3) is 0.438. The van der Waals surface area contributed by atoms with Gasteiger partial charge in [0.15, 0.2) is 0 Å². The molecule has 1 aromatic carbocycles. The Morgan fingerprint density at radius 3 is 2.60 bits per heavy atom. The number of benzene rings is 1. The van der Waals surface area contributed by atoms with Gasteiger partial charge in [-0.3, -0.25) is 4.90 Å². The van der Waals surface area contributed by atoms with E-state index in [0.717, 1.165) is 24.6 Å². The molecule has 0 aliphatic carbocycles. The molecule has 108 valence electrons. The first kappa shape index (κ1) is 15.2. The van der Waals surface area contributed by atoms with Crippen molar-refractivity contribution < 1.29 is 0 Å². The second-order valence-electron chi connectivity index (χ2n) is 5.25. The summed E-state index contributed by atoms with van der Waals surface area (Å²) in [6.07, 6.45) is 0. The number of nitrogens with one attached hydrogen (secondary N) is 1. The van der Waals surface area contributed by atoms with Crippen molar-refractivity contribution in [1.82, 2.24) is 15.2 Å². The SMILES string of the molecule is CNCc1nc(CN(Cc2ccccc2)C(C)C)cs1. The van der Waals surface area contributed by atoms with Gasteiger partial charge in [0.1, 0.15) is 5.01 Å². The van der Waals surface area contributed by atoms with Crippen molar-refractivity contribution in [2.45, 2.75) is 39.5 Å². The van der Waals surface area contributed by atoms with E-state index in [1.165, 1.54) is 11.3 Å². The molecule has 0 saturated carbocycles. The van der Waals surface area contributed by atoms with E-state index in [1.807, 2.05) is 7.05 Å². The monoisotopic (exact) mass is 289 g/mol. The smallest absolute Gasteiger partial charge is 0.107 e. The van der Waals surface area contributed by atoms with E-state index >= 15 is 0 Å². The van der Waals surface area contributed by atoms with Crippen molar-refractivity contribution in [3.63, 3.8) is 0 Å². The third kappa shape index (κ3) is 4.40. The van der Waals surface area contributed by atoms with Gasteiger partial charge in [0.25, 0.3) is 0 Å². The van der Waals surface area contributed by atoms with Gasteiger partial charge in [0.05, 0.1) is 5.69 Å². The molecule has 2 aromatic rings. The van der Waals surface area contributed by atoms with E-state index in [-0.39, 0.29) is 0 Å². The molecule has 2 rings (SSSR count). The maximum atomic E-state index is 4.68. The molecule has 1 N–H and O–H groups in total. The Morgan fingerprint density at radius 2 is 1.95 bits per heavy atom. The van der Waals surface area contributed by atoms with Gasteiger partial charge in [-0.15, -0.1) is 11.3 Å². The molecule has 0 bridgehead atoms. The Balaban J connectivity index is 2.01. The summed E-state index contributed by atoms with van der Waals surface area (Å²) in [5, 5.41) is 6.48. The second-order valence-corrected chi connectivity index (χ2v) is 6.19. The van der Waals surface area contributed by atoms with Crippen LogP contribution in [0.25, 0.3) is 0 Å². The molecule has 0 atom stereocenters. The van der Waals surface area contributed by atoms with E-state index in [9.17, 15) is 0 Å². The third-order valence-electron chi connectivity index (χ3n) is 3.25. The molecule has 0 spiro atoms. The van der Waals surface area contributed by atoms with Gasteiger partial charge in [-0.05, 0) is 26.5 Å². The summed E-state index contributed by atoms with van der Waals surface area (Å²) < 4.78 is 0. The van der Waals surface area contributed by atoms with E-state index in [4.69, 9.17) is 0 Å². The fourth-order valence-corrected chi connectivity index (χ4v) is 2.90. The van der Waals surface area contributed by atoms with E-state index in [1.54, 1.807) is 11.3 Å². The molecule has 0 unspecified atom stereocenters. The highest BCUT2D eigenvalue weighted by Crippen LogP contribution is 2.15. The molecule has 0 saturated heterocycles. The minimum atomic E-state index is 0.504. The van der Waals surface area contributed by atoms with E-state index in [0.29, 0.717) is 6.04 Å². The van der Waals surface area contributed by atoms with Crippen LogP contribution in [0.3, 0.4) is 0 Å². The lowest BCUT2D eigenvalue weighted by Crippen LogP contribution is -2.30. The Labute approximate surface area is 125 Å². The van der Waals surface area contributed by atoms with Crippen molar-refractivity contribution in [3.05, 3.63) is 52.0 Å². The van der Waals surface area contributed by atoms with Crippen LogP contribution in [0.2, 0.25) is 0 Å². The second kappa shape index (κ2) is 7.53. The van der Waals surface area contributed by atoms with Gasteiger partial charge in [-0.2, -0.15) is 0 Å². The Morgan fingerprint density at radius 1 is 1.20 bits per heavy atom. The first-order valence-electron chi connectivity index (χ1n) is 7.05. The number of hydrogen-bond acceptors (Lipinski definition) is 4. The highest BCUT2D eigenvalue weighted by atomic mass is 32.1. The summed E-state index contributed by atoms with van der Waals surface area (Å²) in [5.74, 6) is 0. The average Bonchev–Trinajstić information content (AvgIpc) is 2.87. The van der Waals surface area contributed by atoms with Gasteiger partial charge in [0.2, 0.25) is 0 Å². The molecular formula is C16H23N3S. The van der Waals surface area contributed by atoms with Gasteiger partial charge in [-0.25, -0.2) is 4.98 Å². The predicted molar refractivity (Wildman–Crippen MR) is 85.7 cm³/mol. The molecule has 1 heterocycles. The van der Waals surface area contributed by atoms with Gasteiger partial charge in [0, 0.05) is 31.1 Å². The van der Waals surface area contributed by atoms with Gasteiger partial charge < -0.3 is 5.32 Å². The Kier molecular flexibility index (Phi) is 5.71. The molecule has 0 amide bonds. The number of hydrogen-bond donors (Lipinski definition) is 1. The molecule has 20 heavy (non-hydrogen) atoms. The zero-order valence-electron chi connectivity index (χ0n) is 12.5. The summed E-state index contributed by atoms with van der Waals surface area (Å²) in [6, 6.07) is 11.1. The van der Waals surface area contributed by atoms with Crippen molar-refractivity contribution in [2.24, 2.45) is 0 Å². The normalized spacial score (nSPS) is 11.4. The first-order valence-corrected chi connectivity index (χ1v) is 7.93. The van der Waals surface area contributed by atoms with Crippen LogP contribution in [0.15, 0.2) is 35.7 Å². The van der Waals surface area contributed by atoms with Crippen molar-refractivity contribution in [3.8, 4) is 0 Å². The number of rotatable bonds is 7. The quantitative estimate of drug-likeness (QED) is 0.848. The molecule has 1 aromatic heterocycles. The van der Waals surface area contributed by atoms with Crippen molar-refractivity contribution in [2.75, 3.05) is 7.05 Å². The minimum Gasteiger partial charge on any atom is -0.314 e. The van der Waals surface area contributed by atoms with Crippen LogP contribution >= 0.6 is 11.3 Å². The Bertz CT molecular complexity index is 507. The zero-order chi connectivity index (χ0) is 14.4. The summed E-state index contributed by atoms with van der Waals surface area (Å²) in [5.41, 5.74) is 2.52.